The van der Waals surface area contributed by atoms with E-state index in [0.717, 1.165) is 16.9 Å². The minimum absolute atomic E-state index is 0.106. The van der Waals surface area contributed by atoms with Crippen molar-refractivity contribution in [2.45, 2.75) is 0 Å². The molecule has 9 N–H and O–H groups in total. The number of nitrogens with two attached hydrogens (primary N) is 3. The van der Waals surface area contributed by atoms with Crippen LogP contribution in [-0.2, 0) is 0 Å². The molecule has 4 rings (SSSR count). The summed E-state index contributed by atoms with van der Waals surface area (Å²) in [7, 11) is 0. The monoisotopic (exact) mass is 394 g/mol. The lowest BCUT2D eigenvalue weighted by molar-refractivity contribution is 1.34. The van der Waals surface area contributed by atoms with E-state index >= 15 is 0 Å². The molecule has 0 radical (unpaired) electrons. The van der Waals surface area contributed by atoms with Crippen LogP contribution in [-0.4, -0.2) is 11.4 Å². The molecule has 0 spiro atoms. The number of para-hydroxylation sites is 1. The Morgan fingerprint density at radius 2 is 0.967 bits per heavy atom. The Kier molecular flexibility index (Phi) is 4.82. The molecular weight excluding hydrogens is 372 g/mol. The Morgan fingerprint density at radius 3 is 1.47 bits per heavy atom. The maximum absolute atomic E-state index is 8.61. The Morgan fingerprint density at radius 1 is 0.533 bits per heavy atom. The van der Waals surface area contributed by atoms with Crippen molar-refractivity contribution in [3.63, 3.8) is 0 Å². The van der Waals surface area contributed by atoms with Crippen molar-refractivity contribution in [1.82, 2.24) is 0 Å². The molecule has 0 saturated carbocycles. The summed E-state index contributed by atoms with van der Waals surface area (Å²) in [5.74, 6) is 0. The van der Waals surface area contributed by atoms with Crippen LogP contribution in [0.1, 0.15) is 11.1 Å². The van der Waals surface area contributed by atoms with Crippen molar-refractivity contribution < 1.29 is 0 Å². The molecule has 6 heteroatoms. The van der Waals surface area contributed by atoms with Crippen LogP contribution in [0.2, 0.25) is 0 Å². The van der Waals surface area contributed by atoms with Gasteiger partial charge in [0.05, 0.1) is 22.8 Å². The van der Waals surface area contributed by atoms with Crippen LogP contribution in [0, 0.1) is 10.8 Å². The summed E-state index contributed by atoms with van der Waals surface area (Å²) in [6.07, 6.45) is 0. The molecule has 0 aliphatic heterocycles. The van der Waals surface area contributed by atoms with E-state index in [-0.39, 0.29) is 22.8 Å². The molecule has 148 valence electrons. The molecular formula is C24H22N6. The Hall–Kier alpha value is -4.32. The molecule has 3 aromatic rings. The van der Waals surface area contributed by atoms with E-state index in [1.807, 2.05) is 54.6 Å². The van der Waals surface area contributed by atoms with Crippen molar-refractivity contribution in [3.8, 4) is 0 Å². The molecule has 0 saturated heterocycles. The van der Waals surface area contributed by atoms with E-state index in [9.17, 15) is 0 Å². The maximum atomic E-state index is 8.61. The van der Waals surface area contributed by atoms with Crippen LogP contribution in [0.25, 0.3) is 11.1 Å². The van der Waals surface area contributed by atoms with Gasteiger partial charge in [-0.15, -0.1) is 0 Å². The normalized spacial score (nSPS) is 14.3. The second kappa shape index (κ2) is 7.60. The van der Waals surface area contributed by atoms with Crippen LogP contribution in [0.4, 0.5) is 17.1 Å². The van der Waals surface area contributed by atoms with Crippen molar-refractivity contribution in [1.29, 1.82) is 10.8 Å². The van der Waals surface area contributed by atoms with Gasteiger partial charge in [-0.1, -0.05) is 42.5 Å². The molecule has 6 nitrogen and oxygen atoms in total. The first-order valence-corrected chi connectivity index (χ1v) is 9.42. The molecule has 0 bridgehead atoms. The fourth-order valence-electron chi connectivity index (χ4n) is 3.45. The standard InChI is InChI=1S/C24H22N6/c25-16-10-6-14(7-11-16)19-21(26)23(28)20(24(29)22(19)27)15-8-12-18(13-9-15)30-17-4-2-1-3-5-17/h1-13,26,29-30H,25,27-28H2. The van der Waals surface area contributed by atoms with E-state index in [1.165, 1.54) is 0 Å². The van der Waals surface area contributed by atoms with Crippen LogP contribution < -0.4 is 22.5 Å². The predicted octanol–water partition coefficient (Wildman–Crippen LogP) is 4.11. The number of benzene rings is 3. The molecule has 0 aromatic heterocycles. The first-order valence-electron chi connectivity index (χ1n) is 9.42. The zero-order valence-electron chi connectivity index (χ0n) is 16.2. The highest BCUT2D eigenvalue weighted by Crippen LogP contribution is 2.33. The summed E-state index contributed by atoms with van der Waals surface area (Å²) in [5.41, 5.74) is 23.9. The van der Waals surface area contributed by atoms with Gasteiger partial charge in [-0.3, -0.25) is 10.8 Å². The molecule has 3 aromatic carbocycles. The van der Waals surface area contributed by atoms with E-state index < -0.39 is 0 Å². The minimum atomic E-state index is 0.106. The predicted molar refractivity (Wildman–Crippen MR) is 125 cm³/mol. The highest BCUT2D eigenvalue weighted by molar-refractivity contribution is 6.48. The number of hydrogen-bond donors (Lipinski definition) is 6. The highest BCUT2D eigenvalue weighted by Gasteiger charge is 2.28. The minimum Gasteiger partial charge on any atom is -0.399 e. The third-order valence-electron chi connectivity index (χ3n) is 5.01. The van der Waals surface area contributed by atoms with Crippen LogP contribution in [0.5, 0.6) is 0 Å². The largest absolute Gasteiger partial charge is 0.399 e. The Bertz CT molecular complexity index is 1190. The maximum Gasteiger partial charge on any atom is 0.0876 e. The van der Waals surface area contributed by atoms with Gasteiger partial charge in [-0.05, 0) is 47.5 Å². The average Bonchev–Trinajstić information content (AvgIpc) is 2.76. The second-order valence-corrected chi connectivity index (χ2v) is 7.02. The lowest BCUT2D eigenvalue weighted by atomic mass is 9.83. The highest BCUT2D eigenvalue weighted by atomic mass is 14.9. The van der Waals surface area contributed by atoms with Gasteiger partial charge in [0.1, 0.15) is 0 Å². The van der Waals surface area contributed by atoms with Crippen LogP contribution in [0.15, 0.2) is 90.3 Å². The first kappa shape index (κ1) is 19.0. The lowest BCUT2D eigenvalue weighted by Crippen LogP contribution is -2.29. The number of allylic oxidation sites excluding steroid dienone is 2. The van der Waals surface area contributed by atoms with Gasteiger partial charge in [-0.25, -0.2) is 0 Å². The fraction of sp³-hybridized carbons (Fsp3) is 0. The summed E-state index contributed by atoms with van der Waals surface area (Å²) < 4.78 is 0. The molecule has 0 heterocycles. The van der Waals surface area contributed by atoms with E-state index in [1.54, 1.807) is 24.3 Å². The third kappa shape index (κ3) is 3.42. The van der Waals surface area contributed by atoms with Gasteiger partial charge >= 0.3 is 0 Å². The summed E-state index contributed by atoms with van der Waals surface area (Å²) in [6.45, 7) is 0. The third-order valence-corrected chi connectivity index (χ3v) is 5.01. The van der Waals surface area contributed by atoms with Crippen molar-refractivity contribution >= 4 is 39.6 Å². The molecule has 0 atom stereocenters. The molecule has 0 amide bonds. The number of nitrogens with one attached hydrogen (secondary N) is 3. The summed E-state index contributed by atoms with van der Waals surface area (Å²) in [5, 5.41) is 20.5. The summed E-state index contributed by atoms with van der Waals surface area (Å²) >= 11 is 0. The molecule has 30 heavy (non-hydrogen) atoms. The van der Waals surface area contributed by atoms with Gasteiger partial charge < -0.3 is 22.5 Å². The Labute approximate surface area is 174 Å². The number of hydrogen-bond acceptors (Lipinski definition) is 6. The number of anilines is 3. The van der Waals surface area contributed by atoms with Crippen molar-refractivity contribution in [2.24, 2.45) is 11.5 Å². The average molecular weight is 394 g/mol. The van der Waals surface area contributed by atoms with Crippen molar-refractivity contribution in [2.75, 3.05) is 11.1 Å². The van der Waals surface area contributed by atoms with Crippen LogP contribution in [0.3, 0.4) is 0 Å². The lowest BCUT2D eigenvalue weighted by Gasteiger charge is -2.24. The van der Waals surface area contributed by atoms with Gasteiger partial charge in [-0.2, -0.15) is 0 Å². The fourth-order valence-corrected chi connectivity index (χ4v) is 3.45. The first-order chi connectivity index (χ1) is 14.5. The molecule has 1 aliphatic carbocycles. The molecule has 0 unspecified atom stereocenters. The van der Waals surface area contributed by atoms with Gasteiger partial charge in [0.15, 0.2) is 0 Å². The summed E-state index contributed by atoms with van der Waals surface area (Å²) in [4.78, 5) is 0. The summed E-state index contributed by atoms with van der Waals surface area (Å²) in [6, 6.07) is 24.5. The van der Waals surface area contributed by atoms with E-state index in [4.69, 9.17) is 28.0 Å². The SMILES string of the molecule is N=C1C(N)=C(c2ccc(Nc3ccccc3)cc2)C(=N)C(N)=C1c1ccc(N)cc1. The topological polar surface area (TPSA) is 138 Å². The van der Waals surface area contributed by atoms with E-state index in [0.29, 0.717) is 22.4 Å². The van der Waals surface area contributed by atoms with Gasteiger partial charge in [0.2, 0.25) is 0 Å². The molecule has 1 aliphatic rings. The number of rotatable bonds is 4. The zero-order chi connectivity index (χ0) is 21.3. The van der Waals surface area contributed by atoms with E-state index in [2.05, 4.69) is 5.32 Å². The number of nitrogen functional groups attached to an aromatic ring is 1. The zero-order valence-corrected chi connectivity index (χ0v) is 16.2. The van der Waals surface area contributed by atoms with Gasteiger partial charge in [0, 0.05) is 28.2 Å². The van der Waals surface area contributed by atoms with Crippen molar-refractivity contribution in [3.05, 3.63) is 101 Å². The van der Waals surface area contributed by atoms with Crippen LogP contribution >= 0.6 is 0 Å². The second-order valence-electron chi connectivity index (χ2n) is 7.02. The van der Waals surface area contributed by atoms with Gasteiger partial charge in [0.25, 0.3) is 0 Å². The molecule has 0 fully saturated rings. The smallest absolute Gasteiger partial charge is 0.0876 e. The Balaban J connectivity index is 1.66. The quantitative estimate of drug-likeness (QED) is 0.293.